The molecule has 180 valence electrons. The fourth-order valence-electron chi connectivity index (χ4n) is 3.94. The van der Waals surface area contributed by atoms with E-state index in [1.807, 2.05) is 25.1 Å². The first kappa shape index (κ1) is 24.6. The maximum Gasteiger partial charge on any atom is 0.326 e. The average molecular weight is 522 g/mol. The fourth-order valence-corrected chi connectivity index (χ4v) is 6.85. The number of hydrogen-bond donors (Lipinski definition) is 0. The summed E-state index contributed by atoms with van der Waals surface area (Å²) in [5.74, 6) is -1.000. The van der Waals surface area contributed by atoms with E-state index in [-0.39, 0.29) is 24.6 Å². The highest BCUT2D eigenvalue weighted by Gasteiger charge is 2.39. The molecule has 1 atom stereocenters. The summed E-state index contributed by atoms with van der Waals surface area (Å²) >= 11 is 7.17. The molecule has 1 saturated heterocycles. The lowest BCUT2D eigenvalue weighted by Gasteiger charge is -2.21. The van der Waals surface area contributed by atoms with Gasteiger partial charge in [0.25, 0.3) is 5.91 Å². The van der Waals surface area contributed by atoms with Crippen LogP contribution in [0.15, 0.2) is 52.4 Å². The van der Waals surface area contributed by atoms with Gasteiger partial charge in [-0.2, -0.15) is 9.30 Å². The number of thiazole rings is 1. The first-order valence-electron chi connectivity index (χ1n) is 10.8. The molecule has 1 aliphatic rings. The number of aryl methyl sites for hydroxylation is 1. The fraction of sp³-hybridized carbons (Fsp3) is 0.348. The predicted octanol–water partition coefficient (Wildman–Crippen LogP) is 3.51. The molecule has 4 rings (SSSR count). The zero-order valence-electron chi connectivity index (χ0n) is 18.7. The topological polar surface area (TPSA) is 98.0 Å². The van der Waals surface area contributed by atoms with Crippen molar-refractivity contribution in [1.82, 2.24) is 8.87 Å². The van der Waals surface area contributed by atoms with Crippen molar-refractivity contribution >= 4 is 55.1 Å². The maximum absolute atomic E-state index is 13.2. The normalized spacial score (nSPS) is 17.4. The zero-order chi connectivity index (χ0) is 24.5. The number of aromatic nitrogens is 1. The highest BCUT2D eigenvalue weighted by atomic mass is 35.5. The third kappa shape index (κ3) is 4.95. The van der Waals surface area contributed by atoms with E-state index in [0.717, 1.165) is 15.8 Å². The Kier molecular flexibility index (Phi) is 7.22. The van der Waals surface area contributed by atoms with E-state index < -0.39 is 27.9 Å². The largest absolute Gasteiger partial charge is 0.465 e. The van der Waals surface area contributed by atoms with Gasteiger partial charge >= 0.3 is 5.97 Å². The van der Waals surface area contributed by atoms with Crippen LogP contribution in [0.5, 0.6) is 0 Å². The van der Waals surface area contributed by atoms with E-state index in [0.29, 0.717) is 22.7 Å². The second-order valence-corrected chi connectivity index (χ2v) is 11.3. The van der Waals surface area contributed by atoms with Gasteiger partial charge in [0, 0.05) is 11.6 Å². The molecule has 2 aromatic carbocycles. The molecule has 34 heavy (non-hydrogen) atoms. The van der Waals surface area contributed by atoms with Gasteiger partial charge in [-0.25, -0.2) is 8.42 Å². The van der Waals surface area contributed by atoms with E-state index in [9.17, 15) is 18.0 Å². The number of amides is 1. The lowest BCUT2D eigenvalue weighted by Crippen LogP contribution is -2.40. The Morgan fingerprint density at radius 1 is 1.21 bits per heavy atom. The highest BCUT2D eigenvalue weighted by molar-refractivity contribution is 7.89. The number of benzene rings is 2. The summed E-state index contributed by atoms with van der Waals surface area (Å²) in [7, 11) is -3.89. The number of rotatable bonds is 6. The summed E-state index contributed by atoms with van der Waals surface area (Å²) in [4.78, 5) is 30.2. The van der Waals surface area contributed by atoms with Crippen LogP contribution in [0.2, 0.25) is 5.02 Å². The van der Waals surface area contributed by atoms with Crippen LogP contribution >= 0.6 is 22.9 Å². The summed E-state index contributed by atoms with van der Waals surface area (Å²) in [5.41, 5.74) is 1.79. The molecule has 0 N–H and O–H groups in total. The van der Waals surface area contributed by atoms with Crippen molar-refractivity contribution in [3.8, 4) is 0 Å². The summed E-state index contributed by atoms with van der Waals surface area (Å²) in [6, 6.07) is 10.7. The molecule has 0 saturated carbocycles. The molecule has 0 aliphatic carbocycles. The molecule has 0 radical (unpaired) electrons. The first-order valence-corrected chi connectivity index (χ1v) is 13.5. The molecule has 1 aliphatic heterocycles. The lowest BCUT2D eigenvalue weighted by molar-refractivity contribution is -0.143. The predicted molar refractivity (Wildman–Crippen MR) is 130 cm³/mol. The van der Waals surface area contributed by atoms with Gasteiger partial charge in [0.15, 0.2) is 4.80 Å². The van der Waals surface area contributed by atoms with E-state index in [4.69, 9.17) is 16.3 Å². The van der Waals surface area contributed by atoms with Gasteiger partial charge in [-0.15, -0.1) is 0 Å². The molecule has 1 fully saturated rings. The van der Waals surface area contributed by atoms with Crippen molar-refractivity contribution in [1.29, 1.82) is 0 Å². The third-order valence-corrected chi connectivity index (χ3v) is 8.76. The zero-order valence-corrected chi connectivity index (χ0v) is 21.1. The molecule has 1 aromatic heterocycles. The Labute approximate surface area is 206 Å². The van der Waals surface area contributed by atoms with Crippen molar-refractivity contribution in [2.24, 2.45) is 4.99 Å². The number of fused-ring (bicyclic) bond motifs is 1. The first-order chi connectivity index (χ1) is 16.2. The van der Waals surface area contributed by atoms with Crippen LogP contribution in [0.4, 0.5) is 0 Å². The van der Waals surface area contributed by atoms with Gasteiger partial charge in [-0.1, -0.05) is 29.0 Å². The number of ether oxygens (including phenoxy) is 1. The SMILES string of the molecule is CCOC(=O)Cn1c(=NC(=O)C2CCCN2S(=O)(=O)c2ccc(Cl)cc2)sc2cc(C)ccc21. The van der Waals surface area contributed by atoms with E-state index in [1.54, 1.807) is 11.5 Å². The maximum atomic E-state index is 13.2. The average Bonchev–Trinajstić information content (AvgIpc) is 3.40. The minimum Gasteiger partial charge on any atom is -0.465 e. The van der Waals surface area contributed by atoms with Crippen molar-refractivity contribution in [2.75, 3.05) is 13.2 Å². The molecule has 11 heteroatoms. The van der Waals surface area contributed by atoms with Crippen LogP contribution in [0, 0.1) is 6.92 Å². The van der Waals surface area contributed by atoms with E-state index >= 15 is 0 Å². The molecule has 8 nitrogen and oxygen atoms in total. The smallest absolute Gasteiger partial charge is 0.326 e. The molecule has 0 bridgehead atoms. The standard InChI is InChI=1S/C23H24ClN3O5S2/c1-3-32-21(28)14-26-18-11-6-15(2)13-20(18)33-23(26)25-22(29)19-5-4-12-27(19)34(30,31)17-9-7-16(24)8-10-17/h6-11,13,19H,3-5,12,14H2,1-2H3. The number of sulfonamides is 1. The number of hydrogen-bond acceptors (Lipinski definition) is 6. The monoisotopic (exact) mass is 521 g/mol. The molecule has 1 amide bonds. The van der Waals surface area contributed by atoms with Crippen molar-refractivity contribution in [2.45, 2.75) is 44.2 Å². The number of carbonyl (C=O) groups excluding carboxylic acids is 2. The van der Waals surface area contributed by atoms with Crippen LogP contribution < -0.4 is 4.80 Å². The molecule has 3 aromatic rings. The molecule has 0 spiro atoms. The Hall–Kier alpha value is -2.53. The Morgan fingerprint density at radius 3 is 2.65 bits per heavy atom. The molecular formula is C23H24ClN3O5S2. The van der Waals surface area contributed by atoms with Gasteiger partial charge in [0.2, 0.25) is 10.0 Å². The third-order valence-electron chi connectivity index (χ3n) is 5.55. The lowest BCUT2D eigenvalue weighted by atomic mass is 10.2. The molecule has 1 unspecified atom stereocenters. The van der Waals surface area contributed by atoms with E-state index in [2.05, 4.69) is 4.99 Å². The van der Waals surface area contributed by atoms with Gasteiger partial charge in [-0.05, 0) is 68.7 Å². The number of esters is 1. The van der Waals surface area contributed by atoms with Gasteiger partial charge in [0.1, 0.15) is 12.6 Å². The van der Waals surface area contributed by atoms with Crippen LogP contribution in [-0.4, -0.2) is 48.4 Å². The van der Waals surface area contributed by atoms with Gasteiger partial charge in [-0.3, -0.25) is 9.59 Å². The van der Waals surface area contributed by atoms with Crippen LogP contribution in [-0.2, 0) is 30.9 Å². The Morgan fingerprint density at radius 2 is 1.94 bits per heavy atom. The van der Waals surface area contributed by atoms with Crippen LogP contribution in [0.25, 0.3) is 10.2 Å². The Balaban J connectivity index is 1.72. The minimum atomic E-state index is -3.89. The quantitative estimate of drug-likeness (QED) is 0.462. The van der Waals surface area contributed by atoms with Crippen molar-refractivity contribution in [3.05, 3.63) is 57.9 Å². The minimum absolute atomic E-state index is 0.0753. The van der Waals surface area contributed by atoms with Crippen LogP contribution in [0.1, 0.15) is 25.3 Å². The van der Waals surface area contributed by atoms with Crippen molar-refractivity contribution < 1.29 is 22.7 Å². The number of halogens is 1. The Bertz CT molecular complexity index is 1410. The summed E-state index contributed by atoms with van der Waals surface area (Å²) in [5, 5.41) is 0.425. The molecular weight excluding hydrogens is 498 g/mol. The van der Waals surface area contributed by atoms with Crippen molar-refractivity contribution in [3.63, 3.8) is 0 Å². The number of carbonyl (C=O) groups is 2. The highest BCUT2D eigenvalue weighted by Crippen LogP contribution is 2.28. The van der Waals surface area contributed by atoms with E-state index in [1.165, 1.54) is 39.9 Å². The second-order valence-electron chi connectivity index (χ2n) is 7.92. The summed E-state index contributed by atoms with van der Waals surface area (Å²) in [6.45, 7) is 4.05. The van der Waals surface area contributed by atoms with Gasteiger partial charge < -0.3 is 9.30 Å². The van der Waals surface area contributed by atoms with Gasteiger partial charge in [0.05, 0.1) is 21.7 Å². The second kappa shape index (κ2) is 9.99. The summed E-state index contributed by atoms with van der Waals surface area (Å²) < 4.78 is 35.2. The number of nitrogens with zero attached hydrogens (tertiary/aromatic N) is 3. The molecule has 2 heterocycles. The summed E-state index contributed by atoms with van der Waals surface area (Å²) in [6.07, 6.45) is 0.921. The van der Waals surface area contributed by atoms with Crippen LogP contribution in [0.3, 0.4) is 0 Å².